The van der Waals surface area contributed by atoms with Gasteiger partial charge >= 0.3 is 5.97 Å². The number of imide groups is 1. The molecule has 2 aliphatic rings. The highest BCUT2D eigenvalue weighted by Gasteiger charge is 2.39. The third kappa shape index (κ3) is 2.44. The minimum atomic E-state index is -0.876. The molecule has 7 heteroatoms. The maximum atomic E-state index is 12.5. The van der Waals surface area contributed by atoms with Crippen LogP contribution in [0.5, 0.6) is 0 Å². The van der Waals surface area contributed by atoms with Gasteiger partial charge in [-0.25, -0.2) is 4.79 Å². The number of benzene rings is 1. The van der Waals surface area contributed by atoms with Crippen molar-refractivity contribution in [3.63, 3.8) is 0 Å². The smallest absolute Gasteiger partial charge is 0.326 e. The van der Waals surface area contributed by atoms with Crippen molar-refractivity contribution in [2.24, 2.45) is 0 Å². The van der Waals surface area contributed by atoms with Gasteiger partial charge in [0, 0.05) is 11.8 Å². The zero-order chi connectivity index (χ0) is 17.6. The van der Waals surface area contributed by atoms with Crippen LogP contribution >= 0.6 is 0 Å². The first-order valence-electron chi connectivity index (χ1n) is 8.01. The second-order valence-corrected chi connectivity index (χ2v) is 6.04. The first-order chi connectivity index (χ1) is 12.1. The minimum Gasteiger partial charge on any atom is -0.326 e. The summed E-state index contributed by atoms with van der Waals surface area (Å²) < 4.78 is 0. The SMILES string of the molecule is O=C(ON1C(=O)c2ccccc2C1=O)c1cc(=O)[nH]c2c1CCCC2. The topological polar surface area (TPSA) is 96.5 Å². The molecule has 1 N–H and O–H groups in total. The third-order valence-corrected chi connectivity index (χ3v) is 4.49. The third-order valence-electron chi connectivity index (χ3n) is 4.49. The van der Waals surface area contributed by atoms with Crippen molar-refractivity contribution < 1.29 is 19.2 Å². The second kappa shape index (κ2) is 5.70. The summed E-state index contributed by atoms with van der Waals surface area (Å²) in [5, 5.41) is 0.462. The molecule has 2 heterocycles. The lowest BCUT2D eigenvalue weighted by molar-refractivity contribution is -0.0585. The molecule has 126 valence electrons. The lowest BCUT2D eigenvalue weighted by Gasteiger charge is -2.19. The van der Waals surface area contributed by atoms with Crippen molar-refractivity contribution in [2.45, 2.75) is 25.7 Å². The van der Waals surface area contributed by atoms with Crippen LogP contribution < -0.4 is 5.56 Å². The lowest BCUT2D eigenvalue weighted by atomic mass is 9.92. The first kappa shape index (κ1) is 15.3. The van der Waals surface area contributed by atoms with Crippen molar-refractivity contribution in [3.05, 3.63) is 68.6 Å². The van der Waals surface area contributed by atoms with E-state index in [1.165, 1.54) is 12.1 Å². The Labute approximate surface area is 142 Å². The largest absolute Gasteiger partial charge is 0.364 e. The Morgan fingerprint density at radius 3 is 2.32 bits per heavy atom. The normalized spacial score (nSPS) is 15.8. The number of hydrogen-bond acceptors (Lipinski definition) is 5. The van der Waals surface area contributed by atoms with Crippen LogP contribution in [0.4, 0.5) is 0 Å². The fourth-order valence-corrected chi connectivity index (χ4v) is 3.31. The average molecular weight is 338 g/mol. The van der Waals surface area contributed by atoms with Crippen LogP contribution in [0.1, 0.15) is 55.2 Å². The van der Waals surface area contributed by atoms with Gasteiger partial charge in [0.15, 0.2) is 0 Å². The summed E-state index contributed by atoms with van der Waals surface area (Å²) in [7, 11) is 0. The molecule has 1 aromatic heterocycles. The predicted octanol–water partition coefficient (Wildman–Crippen LogP) is 1.62. The van der Waals surface area contributed by atoms with E-state index in [9.17, 15) is 19.2 Å². The Morgan fingerprint density at radius 1 is 1.00 bits per heavy atom. The number of carbonyl (C=O) groups is 3. The average Bonchev–Trinajstić information content (AvgIpc) is 2.86. The summed E-state index contributed by atoms with van der Waals surface area (Å²) >= 11 is 0. The van der Waals surface area contributed by atoms with Gasteiger partial charge in [-0.05, 0) is 43.4 Å². The number of H-pyrrole nitrogens is 1. The maximum absolute atomic E-state index is 12.5. The van der Waals surface area contributed by atoms with Crippen LogP contribution in [0, 0.1) is 0 Å². The van der Waals surface area contributed by atoms with Crippen LogP contribution in [-0.4, -0.2) is 27.8 Å². The summed E-state index contributed by atoms with van der Waals surface area (Å²) in [6.45, 7) is 0. The van der Waals surface area contributed by atoms with Gasteiger partial charge in [0.25, 0.3) is 11.8 Å². The molecule has 1 aliphatic carbocycles. The zero-order valence-electron chi connectivity index (χ0n) is 13.2. The van der Waals surface area contributed by atoms with Crippen LogP contribution in [0.3, 0.4) is 0 Å². The number of nitrogens with one attached hydrogen (secondary N) is 1. The highest BCUT2D eigenvalue weighted by atomic mass is 16.7. The number of carbonyl (C=O) groups excluding carboxylic acids is 3. The summed E-state index contributed by atoms with van der Waals surface area (Å²) in [5.41, 5.74) is 1.51. The van der Waals surface area contributed by atoms with E-state index < -0.39 is 23.3 Å². The van der Waals surface area contributed by atoms with Gasteiger partial charge in [0.2, 0.25) is 5.56 Å². The summed E-state index contributed by atoms with van der Waals surface area (Å²) in [4.78, 5) is 56.7. The lowest BCUT2D eigenvalue weighted by Crippen LogP contribution is -2.33. The molecule has 25 heavy (non-hydrogen) atoms. The number of nitrogens with zero attached hydrogens (tertiary/aromatic N) is 1. The molecule has 2 amide bonds. The van der Waals surface area contributed by atoms with E-state index >= 15 is 0 Å². The van der Waals surface area contributed by atoms with Gasteiger partial charge in [-0.2, -0.15) is 0 Å². The van der Waals surface area contributed by atoms with Crippen molar-refractivity contribution in [2.75, 3.05) is 0 Å². The number of amides is 2. The number of aromatic nitrogens is 1. The molecule has 0 spiro atoms. The first-order valence-corrected chi connectivity index (χ1v) is 8.01. The Bertz CT molecular complexity index is 941. The van der Waals surface area contributed by atoms with E-state index in [1.54, 1.807) is 12.1 Å². The molecule has 1 aliphatic heterocycles. The molecule has 0 unspecified atom stereocenters. The molecule has 7 nitrogen and oxygen atoms in total. The molecule has 2 aromatic rings. The summed E-state index contributed by atoms with van der Waals surface area (Å²) in [6, 6.07) is 7.41. The van der Waals surface area contributed by atoms with E-state index in [-0.39, 0.29) is 16.7 Å². The molecular weight excluding hydrogens is 324 g/mol. The maximum Gasteiger partial charge on any atom is 0.364 e. The zero-order valence-corrected chi connectivity index (χ0v) is 13.2. The van der Waals surface area contributed by atoms with Crippen LogP contribution in [-0.2, 0) is 17.7 Å². The summed E-state index contributed by atoms with van der Waals surface area (Å²) in [6.07, 6.45) is 3.14. The van der Waals surface area contributed by atoms with E-state index in [1.807, 2.05) is 0 Å². The summed E-state index contributed by atoms with van der Waals surface area (Å²) in [5.74, 6) is -2.25. The number of fused-ring (bicyclic) bond motifs is 2. The number of hydroxylamine groups is 2. The Morgan fingerprint density at radius 2 is 1.64 bits per heavy atom. The van der Waals surface area contributed by atoms with Crippen LogP contribution in [0.2, 0.25) is 0 Å². The fraction of sp³-hybridized carbons (Fsp3) is 0.222. The fourth-order valence-electron chi connectivity index (χ4n) is 3.31. The molecule has 1 aromatic carbocycles. The highest BCUT2D eigenvalue weighted by Crippen LogP contribution is 2.25. The van der Waals surface area contributed by atoms with Gasteiger partial charge in [-0.1, -0.05) is 17.2 Å². The monoisotopic (exact) mass is 338 g/mol. The van der Waals surface area contributed by atoms with Crippen LogP contribution in [0.15, 0.2) is 35.1 Å². The van der Waals surface area contributed by atoms with Gasteiger partial charge in [-0.3, -0.25) is 14.4 Å². The molecule has 0 bridgehead atoms. The molecule has 0 atom stereocenters. The van der Waals surface area contributed by atoms with E-state index in [0.29, 0.717) is 29.2 Å². The van der Waals surface area contributed by atoms with E-state index in [2.05, 4.69) is 4.98 Å². The minimum absolute atomic E-state index is 0.106. The quantitative estimate of drug-likeness (QED) is 0.840. The van der Waals surface area contributed by atoms with Crippen molar-refractivity contribution >= 4 is 17.8 Å². The van der Waals surface area contributed by atoms with Gasteiger partial charge in [-0.15, -0.1) is 0 Å². The molecule has 0 saturated heterocycles. The molecule has 0 fully saturated rings. The van der Waals surface area contributed by atoms with Gasteiger partial charge in [0.05, 0.1) is 16.7 Å². The van der Waals surface area contributed by atoms with E-state index in [4.69, 9.17) is 4.84 Å². The number of hydrogen-bond donors (Lipinski definition) is 1. The number of pyridine rings is 1. The van der Waals surface area contributed by atoms with Crippen molar-refractivity contribution in [3.8, 4) is 0 Å². The van der Waals surface area contributed by atoms with Gasteiger partial charge < -0.3 is 9.82 Å². The van der Waals surface area contributed by atoms with E-state index in [0.717, 1.165) is 18.9 Å². The Hall–Kier alpha value is -3.22. The number of aromatic amines is 1. The predicted molar refractivity (Wildman–Crippen MR) is 86.1 cm³/mol. The number of rotatable bonds is 2. The number of aryl methyl sites for hydroxylation is 1. The Kier molecular flexibility index (Phi) is 3.49. The molecule has 0 radical (unpaired) electrons. The van der Waals surface area contributed by atoms with Crippen molar-refractivity contribution in [1.29, 1.82) is 0 Å². The standard InChI is InChI=1S/C18H14N2O5/c21-15-9-13(10-5-3-4-8-14(10)19-15)18(24)25-20-16(22)11-6-1-2-7-12(11)17(20)23/h1-2,6-7,9H,3-5,8H2,(H,19,21). The van der Waals surface area contributed by atoms with Crippen molar-refractivity contribution in [1.82, 2.24) is 10.0 Å². The Balaban J connectivity index is 1.66. The molecular formula is C18H14N2O5. The highest BCUT2D eigenvalue weighted by molar-refractivity contribution is 6.21. The van der Waals surface area contributed by atoms with Crippen LogP contribution in [0.25, 0.3) is 0 Å². The second-order valence-electron chi connectivity index (χ2n) is 6.04. The molecule has 0 saturated carbocycles. The molecule has 4 rings (SSSR count). The van der Waals surface area contributed by atoms with Gasteiger partial charge in [0.1, 0.15) is 0 Å².